The zero-order chi connectivity index (χ0) is 23.9. The molecule has 0 aliphatic heterocycles. The molecule has 0 aliphatic rings. The second-order valence-electron chi connectivity index (χ2n) is 8.62. The van der Waals surface area contributed by atoms with Crippen LogP contribution in [0.2, 0.25) is 0 Å². The summed E-state index contributed by atoms with van der Waals surface area (Å²) in [6.45, 7) is 8.36. The van der Waals surface area contributed by atoms with E-state index in [9.17, 15) is 4.79 Å². The van der Waals surface area contributed by atoms with Crippen LogP contribution >= 0.6 is 11.3 Å². The molecule has 0 fully saturated rings. The Morgan fingerprint density at radius 3 is 2.82 bits per heavy atom. The number of fused-ring (bicyclic) bond motifs is 1. The molecule has 0 aliphatic carbocycles. The van der Waals surface area contributed by atoms with Crippen LogP contribution in [0.25, 0.3) is 10.2 Å². The Balaban J connectivity index is 1.58. The fourth-order valence-corrected chi connectivity index (χ4v) is 5.05. The number of thiazole rings is 1. The maximum absolute atomic E-state index is 13.7. The smallest absolute Gasteiger partial charge is 0.260 e. The Hall–Kier alpha value is -3.19. The van der Waals surface area contributed by atoms with Gasteiger partial charge in [0.2, 0.25) is 0 Å². The molecule has 0 saturated heterocycles. The van der Waals surface area contributed by atoms with Crippen molar-refractivity contribution in [2.45, 2.75) is 53.0 Å². The van der Waals surface area contributed by atoms with E-state index < -0.39 is 0 Å². The van der Waals surface area contributed by atoms with Gasteiger partial charge in [-0.05, 0) is 62.1 Å². The number of rotatable bonds is 11. The molecule has 0 radical (unpaired) electrons. The first-order chi connectivity index (χ1) is 16.5. The number of imidazole rings is 1. The first-order valence-corrected chi connectivity index (χ1v) is 12.7. The topological polar surface area (TPSA) is 60.2 Å². The van der Waals surface area contributed by atoms with E-state index >= 15 is 0 Å². The third kappa shape index (κ3) is 5.83. The van der Waals surface area contributed by atoms with Crippen LogP contribution in [0.5, 0.6) is 5.75 Å². The summed E-state index contributed by atoms with van der Waals surface area (Å²) in [5, 5.41) is 0.730. The lowest BCUT2D eigenvalue weighted by Gasteiger charge is -2.20. The van der Waals surface area contributed by atoms with E-state index in [2.05, 4.69) is 37.9 Å². The normalized spacial score (nSPS) is 11.1. The van der Waals surface area contributed by atoms with Gasteiger partial charge in [0.15, 0.2) is 5.13 Å². The van der Waals surface area contributed by atoms with Gasteiger partial charge >= 0.3 is 0 Å². The summed E-state index contributed by atoms with van der Waals surface area (Å²) in [5.74, 6) is 0.675. The van der Waals surface area contributed by atoms with Gasteiger partial charge in [0, 0.05) is 31.0 Å². The molecule has 0 bridgehead atoms. The summed E-state index contributed by atoms with van der Waals surface area (Å²) in [5.41, 5.74) is 3.92. The average molecular weight is 477 g/mol. The number of aryl methyl sites for hydroxylation is 3. The SMILES string of the molecule is CCCCCOc1cccc(C(=O)N(CCCn2ccnc2)c2nc3cc(C)cc(C)c3s2)c1. The van der Waals surface area contributed by atoms with Crippen LogP contribution in [0.3, 0.4) is 0 Å². The summed E-state index contributed by atoms with van der Waals surface area (Å²) >= 11 is 1.58. The van der Waals surface area contributed by atoms with E-state index in [0.29, 0.717) is 18.7 Å². The lowest BCUT2D eigenvalue weighted by Crippen LogP contribution is -2.32. The Labute approximate surface area is 205 Å². The molecule has 178 valence electrons. The molecule has 2 aromatic heterocycles. The highest BCUT2D eigenvalue weighted by molar-refractivity contribution is 7.22. The molecular formula is C27H32N4O2S. The summed E-state index contributed by atoms with van der Waals surface area (Å²) in [6, 6.07) is 11.7. The van der Waals surface area contributed by atoms with Gasteiger partial charge in [-0.3, -0.25) is 9.69 Å². The number of anilines is 1. The van der Waals surface area contributed by atoms with Crippen molar-refractivity contribution in [1.82, 2.24) is 14.5 Å². The minimum atomic E-state index is -0.0573. The van der Waals surface area contributed by atoms with Crippen molar-refractivity contribution in [2.24, 2.45) is 0 Å². The van der Waals surface area contributed by atoms with Crippen LogP contribution < -0.4 is 9.64 Å². The highest BCUT2D eigenvalue weighted by Crippen LogP contribution is 2.33. The van der Waals surface area contributed by atoms with Gasteiger partial charge in [-0.25, -0.2) is 9.97 Å². The first-order valence-electron chi connectivity index (χ1n) is 11.9. The number of nitrogens with zero attached hydrogens (tertiary/aromatic N) is 4. The third-order valence-corrected chi connectivity index (χ3v) is 6.97. The highest BCUT2D eigenvalue weighted by atomic mass is 32.1. The number of benzene rings is 2. The molecular weight excluding hydrogens is 444 g/mol. The molecule has 7 heteroatoms. The molecule has 2 heterocycles. The number of ether oxygens (including phenoxy) is 1. The maximum atomic E-state index is 13.7. The predicted molar refractivity (Wildman–Crippen MR) is 139 cm³/mol. The van der Waals surface area contributed by atoms with E-state index in [1.165, 1.54) is 11.1 Å². The monoisotopic (exact) mass is 476 g/mol. The summed E-state index contributed by atoms with van der Waals surface area (Å²) in [7, 11) is 0. The number of carbonyl (C=O) groups is 1. The predicted octanol–water partition coefficient (Wildman–Crippen LogP) is 6.42. The molecule has 1 amide bonds. The zero-order valence-corrected chi connectivity index (χ0v) is 21.0. The number of amides is 1. The van der Waals surface area contributed by atoms with E-state index in [1.807, 2.05) is 39.9 Å². The number of aromatic nitrogens is 3. The van der Waals surface area contributed by atoms with Crippen LogP contribution in [0, 0.1) is 13.8 Å². The molecule has 6 nitrogen and oxygen atoms in total. The summed E-state index contributed by atoms with van der Waals surface area (Å²) in [6.07, 6.45) is 9.61. The second kappa shape index (κ2) is 11.3. The summed E-state index contributed by atoms with van der Waals surface area (Å²) < 4.78 is 9.05. The van der Waals surface area contributed by atoms with Crippen LogP contribution in [0.4, 0.5) is 5.13 Å². The minimum absolute atomic E-state index is 0.0573. The molecule has 0 atom stereocenters. The molecule has 0 unspecified atom stereocenters. The van der Waals surface area contributed by atoms with Crippen LogP contribution in [-0.4, -0.2) is 33.6 Å². The van der Waals surface area contributed by atoms with Gasteiger partial charge in [0.05, 0.1) is 23.2 Å². The Kier molecular flexibility index (Phi) is 7.95. The highest BCUT2D eigenvalue weighted by Gasteiger charge is 2.22. The van der Waals surface area contributed by atoms with Crippen LogP contribution in [-0.2, 0) is 6.54 Å². The van der Waals surface area contributed by atoms with Gasteiger partial charge in [-0.2, -0.15) is 0 Å². The van der Waals surface area contributed by atoms with Crippen LogP contribution in [0.1, 0.15) is 54.1 Å². The van der Waals surface area contributed by atoms with E-state index in [0.717, 1.165) is 53.3 Å². The molecule has 2 aromatic carbocycles. The Bertz CT molecular complexity index is 1230. The van der Waals surface area contributed by atoms with E-state index in [4.69, 9.17) is 9.72 Å². The minimum Gasteiger partial charge on any atom is -0.494 e. The molecule has 4 rings (SSSR count). The van der Waals surface area contributed by atoms with E-state index in [1.54, 1.807) is 23.9 Å². The maximum Gasteiger partial charge on any atom is 0.260 e. The average Bonchev–Trinajstić information content (AvgIpc) is 3.49. The Morgan fingerprint density at radius 1 is 1.15 bits per heavy atom. The molecule has 4 aromatic rings. The standard InChI is InChI=1S/C27H32N4O2S/c1-4-5-6-15-33-23-10-7-9-22(18-23)26(32)31(13-8-12-30-14-11-28-19-30)27-29-24-17-20(2)16-21(3)25(24)34-27/h7,9-11,14,16-19H,4-6,8,12-13,15H2,1-3H3. The summed E-state index contributed by atoms with van der Waals surface area (Å²) in [4.78, 5) is 24.5. The number of hydrogen-bond acceptors (Lipinski definition) is 5. The Morgan fingerprint density at radius 2 is 2.03 bits per heavy atom. The van der Waals surface area contributed by atoms with Gasteiger partial charge in [-0.1, -0.05) is 43.2 Å². The van der Waals surface area contributed by atoms with Crippen molar-refractivity contribution in [1.29, 1.82) is 0 Å². The lowest BCUT2D eigenvalue weighted by molar-refractivity contribution is 0.0986. The van der Waals surface area contributed by atoms with Crippen molar-refractivity contribution < 1.29 is 9.53 Å². The third-order valence-electron chi connectivity index (χ3n) is 5.74. The molecule has 34 heavy (non-hydrogen) atoms. The zero-order valence-electron chi connectivity index (χ0n) is 20.2. The number of hydrogen-bond donors (Lipinski definition) is 0. The second-order valence-corrected chi connectivity index (χ2v) is 9.60. The van der Waals surface area contributed by atoms with Crippen molar-refractivity contribution in [3.8, 4) is 5.75 Å². The van der Waals surface area contributed by atoms with Crippen molar-refractivity contribution in [2.75, 3.05) is 18.1 Å². The van der Waals surface area contributed by atoms with Gasteiger partial charge < -0.3 is 9.30 Å². The van der Waals surface area contributed by atoms with Crippen LogP contribution in [0.15, 0.2) is 55.1 Å². The fraction of sp³-hybridized carbons (Fsp3) is 0.370. The largest absolute Gasteiger partial charge is 0.494 e. The first kappa shape index (κ1) is 24.0. The number of carbonyl (C=O) groups excluding carboxylic acids is 1. The van der Waals surface area contributed by atoms with Gasteiger partial charge in [0.1, 0.15) is 5.75 Å². The van der Waals surface area contributed by atoms with Crippen molar-refractivity contribution >= 4 is 32.6 Å². The molecule has 0 N–H and O–H groups in total. The van der Waals surface area contributed by atoms with Crippen molar-refractivity contribution in [3.63, 3.8) is 0 Å². The van der Waals surface area contributed by atoms with Gasteiger partial charge in [-0.15, -0.1) is 0 Å². The van der Waals surface area contributed by atoms with Crippen molar-refractivity contribution in [3.05, 3.63) is 71.8 Å². The fourth-order valence-electron chi connectivity index (χ4n) is 4.01. The quantitative estimate of drug-likeness (QED) is 0.235. The lowest BCUT2D eigenvalue weighted by atomic mass is 10.1. The number of unbranched alkanes of at least 4 members (excludes halogenated alkanes) is 2. The molecule has 0 spiro atoms. The molecule has 0 saturated carbocycles. The van der Waals surface area contributed by atoms with E-state index in [-0.39, 0.29) is 5.91 Å². The van der Waals surface area contributed by atoms with Gasteiger partial charge in [0.25, 0.3) is 5.91 Å².